The summed E-state index contributed by atoms with van der Waals surface area (Å²) in [7, 11) is -3.47. The second-order valence-electron chi connectivity index (χ2n) is 4.69. The molecule has 2 rings (SSSR count). The molecule has 0 bridgehead atoms. The SMILES string of the molecule is CC1CCCC(C)N1NS(=O)(=O)c1sccc1Br. The normalized spacial score (nSPS) is 26.4. The number of hydrazine groups is 1. The first-order valence-corrected chi connectivity index (χ1v) is 9.11. The van der Waals surface area contributed by atoms with E-state index in [1.807, 2.05) is 5.01 Å². The lowest BCUT2D eigenvalue weighted by atomic mass is 10.0. The van der Waals surface area contributed by atoms with E-state index in [0.29, 0.717) is 8.68 Å². The molecule has 0 spiro atoms. The Bertz CT molecular complexity index is 505. The third-order valence-electron chi connectivity index (χ3n) is 3.25. The average Bonchev–Trinajstić information content (AvgIpc) is 2.71. The van der Waals surface area contributed by atoms with Crippen LogP contribution in [0.15, 0.2) is 20.1 Å². The summed E-state index contributed by atoms with van der Waals surface area (Å²) >= 11 is 4.49. The number of hydrogen-bond acceptors (Lipinski definition) is 4. The van der Waals surface area contributed by atoms with Crippen molar-refractivity contribution in [3.8, 4) is 0 Å². The summed E-state index contributed by atoms with van der Waals surface area (Å²) < 4.78 is 25.6. The molecule has 1 aliphatic heterocycles. The molecule has 1 aromatic rings. The van der Waals surface area contributed by atoms with Crippen molar-refractivity contribution in [1.29, 1.82) is 0 Å². The van der Waals surface area contributed by atoms with Crippen molar-refractivity contribution in [2.75, 3.05) is 0 Å². The third-order valence-corrected chi connectivity index (χ3v) is 7.25. The molecule has 102 valence electrons. The van der Waals surface area contributed by atoms with Gasteiger partial charge in [-0.25, -0.2) is 13.4 Å². The molecule has 2 unspecified atom stereocenters. The molecule has 2 heterocycles. The van der Waals surface area contributed by atoms with Crippen LogP contribution in [0, 0.1) is 0 Å². The van der Waals surface area contributed by atoms with Gasteiger partial charge in [0, 0.05) is 16.6 Å². The lowest BCUT2D eigenvalue weighted by Gasteiger charge is -2.38. The minimum atomic E-state index is -3.47. The monoisotopic (exact) mass is 352 g/mol. The van der Waals surface area contributed by atoms with Gasteiger partial charge >= 0.3 is 0 Å². The van der Waals surface area contributed by atoms with E-state index in [9.17, 15) is 8.42 Å². The first kappa shape index (κ1) is 14.5. The summed E-state index contributed by atoms with van der Waals surface area (Å²) in [6.45, 7) is 4.11. The Morgan fingerprint density at radius 3 is 2.50 bits per heavy atom. The highest BCUT2D eigenvalue weighted by molar-refractivity contribution is 9.10. The fourth-order valence-corrected chi connectivity index (χ4v) is 5.82. The smallest absolute Gasteiger partial charge is 0.225 e. The summed E-state index contributed by atoms with van der Waals surface area (Å²) in [4.78, 5) is 2.72. The van der Waals surface area contributed by atoms with Crippen LogP contribution in [0.1, 0.15) is 33.1 Å². The van der Waals surface area contributed by atoms with Crippen molar-refractivity contribution in [2.24, 2.45) is 0 Å². The quantitative estimate of drug-likeness (QED) is 0.909. The maximum atomic E-state index is 12.3. The standard InChI is InChI=1S/C11H17BrN2O2S2/c1-8-4-3-5-9(2)14(8)13-18(15,16)11-10(12)6-7-17-11/h6-9,13H,3-5H2,1-2H3. The van der Waals surface area contributed by atoms with Gasteiger partial charge in [0.15, 0.2) is 0 Å². The Kier molecular flexibility index (Phi) is 4.48. The van der Waals surface area contributed by atoms with Gasteiger partial charge in [0.2, 0.25) is 0 Å². The Morgan fingerprint density at radius 1 is 1.39 bits per heavy atom. The predicted octanol–water partition coefficient (Wildman–Crippen LogP) is 2.97. The minimum absolute atomic E-state index is 0.238. The van der Waals surface area contributed by atoms with Crippen molar-refractivity contribution in [2.45, 2.75) is 49.4 Å². The van der Waals surface area contributed by atoms with E-state index in [-0.39, 0.29) is 12.1 Å². The van der Waals surface area contributed by atoms with Gasteiger partial charge in [-0.2, -0.15) is 0 Å². The summed E-state index contributed by atoms with van der Waals surface area (Å²) in [5.41, 5.74) is 0. The fraction of sp³-hybridized carbons (Fsp3) is 0.636. The van der Waals surface area contributed by atoms with Gasteiger partial charge in [-0.3, -0.25) is 0 Å². The van der Waals surface area contributed by atoms with Crippen LogP contribution in [0.4, 0.5) is 0 Å². The van der Waals surface area contributed by atoms with Crippen LogP contribution in [0.3, 0.4) is 0 Å². The number of sulfonamides is 1. The Morgan fingerprint density at radius 2 is 2.00 bits per heavy atom. The maximum Gasteiger partial charge on any atom is 0.264 e. The zero-order chi connectivity index (χ0) is 13.3. The zero-order valence-electron chi connectivity index (χ0n) is 10.4. The highest BCUT2D eigenvalue weighted by Crippen LogP contribution is 2.29. The number of halogens is 1. The largest absolute Gasteiger partial charge is 0.264 e. The van der Waals surface area contributed by atoms with Crippen LogP contribution in [-0.2, 0) is 10.0 Å². The molecule has 1 N–H and O–H groups in total. The van der Waals surface area contributed by atoms with Crippen molar-refractivity contribution < 1.29 is 8.42 Å². The predicted molar refractivity (Wildman–Crippen MR) is 77.0 cm³/mol. The first-order valence-electron chi connectivity index (χ1n) is 5.95. The number of rotatable bonds is 3. The molecule has 1 fully saturated rings. The molecule has 0 aliphatic carbocycles. The number of thiophene rings is 1. The van der Waals surface area contributed by atoms with Crippen LogP contribution in [0.2, 0.25) is 0 Å². The molecule has 18 heavy (non-hydrogen) atoms. The van der Waals surface area contributed by atoms with Crippen molar-refractivity contribution >= 4 is 37.3 Å². The molecule has 1 aromatic heterocycles. The summed E-state index contributed by atoms with van der Waals surface area (Å²) in [5.74, 6) is 0. The van der Waals surface area contributed by atoms with Gasteiger partial charge in [-0.15, -0.1) is 16.2 Å². The Hall–Kier alpha value is 0.0500. The molecule has 7 heteroatoms. The molecule has 4 nitrogen and oxygen atoms in total. The van der Waals surface area contributed by atoms with Gasteiger partial charge in [0.25, 0.3) is 10.0 Å². The highest BCUT2D eigenvalue weighted by Gasteiger charge is 2.30. The molecule has 0 amide bonds. The molecular formula is C11H17BrN2O2S2. The van der Waals surface area contributed by atoms with Gasteiger partial charge in [-0.1, -0.05) is 6.42 Å². The fourth-order valence-electron chi connectivity index (χ4n) is 2.25. The number of nitrogens with zero attached hydrogens (tertiary/aromatic N) is 1. The van der Waals surface area contributed by atoms with E-state index < -0.39 is 10.0 Å². The van der Waals surface area contributed by atoms with E-state index in [1.54, 1.807) is 11.4 Å². The van der Waals surface area contributed by atoms with Gasteiger partial charge in [0.1, 0.15) is 4.21 Å². The Labute approximate surface area is 121 Å². The van der Waals surface area contributed by atoms with Crippen LogP contribution < -0.4 is 4.83 Å². The highest BCUT2D eigenvalue weighted by atomic mass is 79.9. The lowest BCUT2D eigenvalue weighted by molar-refractivity contribution is 0.0791. The molecule has 1 aliphatic rings. The minimum Gasteiger partial charge on any atom is -0.225 e. The second kappa shape index (κ2) is 5.58. The van der Waals surface area contributed by atoms with Gasteiger partial charge < -0.3 is 0 Å². The number of nitrogens with one attached hydrogen (secondary N) is 1. The van der Waals surface area contributed by atoms with E-state index in [2.05, 4.69) is 34.6 Å². The van der Waals surface area contributed by atoms with Crippen LogP contribution in [0.25, 0.3) is 0 Å². The van der Waals surface area contributed by atoms with E-state index in [0.717, 1.165) is 19.3 Å². The van der Waals surface area contributed by atoms with E-state index >= 15 is 0 Å². The molecule has 2 atom stereocenters. The summed E-state index contributed by atoms with van der Waals surface area (Å²) in [6.07, 6.45) is 3.21. The summed E-state index contributed by atoms with van der Waals surface area (Å²) in [6, 6.07) is 2.23. The molecule has 0 radical (unpaired) electrons. The Balaban J connectivity index is 2.20. The van der Waals surface area contributed by atoms with Crippen molar-refractivity contribution in [1.82, 2.24) is 9.84 Å². The van der Waals surface area contributed by atoms with E-state index in [4.69, 9.17) is 0 Å². The van der Waals surface area contributed by atoms with Crippen LogP contribution in [-0.4, -0.2) is 25.5 Å². The second-order valence-corrected chi connectivity index (χ2v) is 8.31. The molecule has 0 saturated carbocycles. The van der Waals surface area contributed by atoms with Gasteiger partial charge in [-0.05, 0) is 54.1 Å². The third kappa shape index (κ3) is 2.96. The molecule has 0 aromatic carbocycles. The molecule has 1 saturated heterocycles. The van der Waals surface area contributed by atoms with E-state index in [1.165, 1.54) is 11.3 Å². The average molecular weight is 353 g/mol. The molecular weight excluding hydrogens is 336 g/mol. The zero-order valence-corrected chi connectivity index (χ0v) is 13.6. The summed E-state index contributed by atoms with van der Waals surface area (Å²) in [5, 5.41) is 3.63. The maximum absolute atomic E-state index is 12.3. The number of piperidine rings is 1. The first-order chi connectivity index (χ1) is 8.42. The lowest BCUT2D eigenvalue weighted by Crippen LogP contribution is -2.53. The van der Waals surface area contributed by atoms with Crippen molar-refractivity contribution in [3.05, 3.63) is 15.9 Å². The number of hydrogen-bond donors (Lipinski definition) is 1. The van der Waals surface area contributed by atoms with Crippen LogP contribution >= 0.6 is 27.3 Å². The van der Waals surface area contributed by atoms with Crippen molar-refractivity contribution in [3.63, 3.8) is 0 Å². The van der Waals surface area contributed by atoms with Crippen LogP contribution in [0.5, 0.6) is 0 Å². The van der Waals surface area contributed by atoms with Gasteiger partial charge in [0.05, 0.1) is 0 Å². The topological polar surface area (TPSA) is 49.4 Å².